The van der Waals surface area contributed by atoms with Crippen LogP contribution in [0.3, 0.4) is 0 Å². The Morgan fingerprint density at radius 1 is 1.58 bits per heavy atom. The molecule has 0 aromatic heterocycles. The lowest BCUT2D eigenvalue weighted by Gasteiger charge is -2.23. The van der Waals surface area contributed by atoms with Crippen molar-refractivity contribution in [2.45, 2.75) is 39.5 Å². The van der Waals surface area contributed by atoms with Gasteiger partial charge in [-0.1, -0.05) is 32.8 Å². The maximum Gasteiger partial charge on any atom is 0.313 e. The lowest BCUT2D eigenvalue weighted by atomic mass is 9.80. The molecule has 0 heterocycles. The average Bonchev–Trinajstić information content (AvgIpc) is 2.07. The molecule has 0 fully saturated rings. The van der Waals surface area contributed by atoms with Crippen molar-refractivity contribution in [3.8, 4) is 0 Å². The predicted molar refractivity (Wildman–Crippen MR) is 50.1 cm³/mol. The SMILES string of the molecule is C=CC(CC)(CCCC)C(=O)O. The Morgan fingerprint density at radius 3 is 2.42 bits per heavy atom. The van der Waals surface area contributed by atoms with Crippen LogP contribution in [0.25, 0.3) is 0 Å². The molecule has 1 unspecified atom stereocenters. The minimum atomic E-state index is -0.742. The topological polar surface area (TPSA) is 37.3 Å². The van der Waals surface area contributed by atoms with Gasteiger partial charge in [0, 0.05) is 0 Å². The molecule has 0 rings (SSSR count). The van der Waals surface area contributed by atoms with Gasteiger partial charge in [-0.25, -0.2) is 0 Å². The summed E-state index contributed by atoms with van der Waals surface area (Å²) in [5, 5.41) is 8.98. The van der Waals surface area contributed by atoms with E-state index in [9.17, 15) is 4.79 Å². The molecule has 2 nitrogen and oxygen atoms in total. The van der Waals surface area contributed by atoms with Crippen LogP contribution in [0, 0.1) is 5.41 Å². The van der Waals surface area contributed by atoms with Crippen molar-refractivity contribution in [1.29, 1.82) is 0 Å². The maximum atomic E-state index is 10.9. The molecular weight excluding hydrogens is 152 g/mol. The monoisotopic (exact) mass is 170 g/mol. The molecule has 1 atom stereocenters. The number of hydrogen-bond donors (Lipinski definition) is 1. The highest BCUT2D eigenvalue weighted by atomic mass is 16.4. The molecule has 0 radical (unpaired) electrons. The zero-order valence-electron chi connectivity index (χ0n) is 7.97. The van der Waals surface area contributed by atoms with Gasteiger partial charge < -0.3 is 5.11 Å². The molecule has 2 heteroatoms. The number of aliphatic carboxylic acids is 1. The fourth-order valence-electron chi connectivity index (χ4n) is 1.26. The normalized spacial score (nSPS) is 15.2. The predicted octanol–water partition coefficient (Wildman–Crippen LogP) is 2.84. The van der Waals surface area contributed by atoms with E-state index in [1.165, 1.54) is 0 Å². The molecule has 0 aromatic carbocycles. The molecular formula is C10H18O2. The van der Waals surface area contributed by atoms with Gasteiger partial charge in [-0.3, -0.25) is 4.79 Å². The van der Waals surface area contributed by atoms with E-state index in [0.29, 0.717) is 12.8 Å². The zero-order chi connectivity index (χ0) is 9.61. The molecule has 1 N–H and O–H groups in total. The Bertz CT molecular complexity index is 163. The molecule has 0 aliphatic carbocycles. The van der Waals surface area contributed by atoms with Crippen molar-refractivity contribution < 1.29 is 9.90 Å². The first-order valence-electron chi connectivity index (χ1n) is 4.50. The fourth-order valence-corrected chi connectivity index (χ4v) is 1.26. The van der Waals surface area contributed by atoms with Crippen LogP contribution in [0.1, 0.15) is 39.5 Å². The van der Waals surface area contributed by atoms with Gasteiger partial charge in [0.15, 0.2) is 0 Å². The molecule has 0 saturated heterocycles. The smallest absolute Gasteiger partial charge is 0.313 e. The quantitative estimate of drug-likeness (QED) is 0.622. The summed E-state index contributed by atoms with van der Waals surface area (Å²) in [6, 6.07) is 0. The highest BCUT2D eigenvalue weighted by Crippen LogP contribution is 2.30. The Labute approximate surface area is 74.3 Å². The van der Waals surface area contributed by atoms with Gasteiger partial charge in [0.2, 0.25) is 0 Å². The Hall–Kier alpha value is -0.790. The maximum absolute atomic E-state index is 10.9. The van der Waals surface area contributed by atoms with Gasteiger partial charge in [0.1, 0.15) is 0 Å². The van der Waals surface area contributed by atoms with Crippen LogP contribution in [0.4, 0.5) is 0 Å². The third-order valence-corrected chi connectivity index (χ3v) is 2.42. The Balaban J connectivity index is 4.35. The van der Waals surface area contributed by atoms with Crippen molar-refractivity contribution in [3.05, 3.63) is 12.7 Å². The first kappa shape index (κ1) is 11.2. The third kappa shape index (κ3) is 2.36. The second kappa shape index (κ2) is 4.96. The molecule has 0 bridgehead atoms. The van der Waals surface area contributed by atoms with Crippen molar-refractivity contribution in [3.63, 3.8) is 0 Å². The minimum absolute atomic E-state index is 0.631. The highest BCUT2D eigenvalue weighted by Gasteiger charge is 2.32. The van der Waals surface area contributed by atoms with Crippen LogP contribution in [0.5, 0.6) is 0 Å². The van der Waals surface area contributed by atoms with Crippen LogP contribution in [-0.4, -0.2) is 11.1 Å². The van der Waals surface area contributed by atoms with Crippen molar-refractivity contribution in [1.82, 2.24) is 0 Å². The number of hydrogen-bond acceptors (Lipinski definition) is 1. The van der Waals surface area contributed by atoms with E-state index in [2.05, 4.69) is 13.5 Å². The largest absolute Gasteiger partial charge is 0.481 e. The number of carbonyl (C=O) groups is 1. The molecule has 70 valence electrons. The van der Waals surface area contributed by atoms with Crippen LogP contribution in [0.2, 0.25) is 0 Å². The number of rotatable bonds is 6. The van der Waals surface area contributed by atoms with Gasteiger partial charge in [0.25, 0.3) is 0 Å². The van der Waals surface area contributed by atoms with E-state index in [4.69, 9.17) is 5.11 Å². The molecule has 0 spiro atoms. The van der Waals surface area contributed by atoms with Crippen molar-refractivity contribution >= 4 is 5.97 Å². The van der Waals surface area contributed by atoms with E-state index in [-0.39, 0.29) is 0 Å². The molecule has 0 amide bonds. The first-order chi connectivity index (χ1) is 5.63. The van der Waals surface area contributed by atoms with E-state index >= 15 is 0 Å². The summed E-state index contributed by atoms with van der Waals surface area (Å²) in [7, 11) is 0. The molecule has 0 aliphatic rings. The highest BCUT2D eigenvalue weighted by molar-refractivity contribution is 5.76. The van der Waals surface area contributed by atoms with Crippen LogP contribution in [-0.2, 0) is 4.79 Å². The molecule has 0 aliphatic heterocycles. The molecule has 0 saturated carbocycles. The summed E-state index contributed by atoms with van der Waals surface area (Å²) in [6.07, 6.45) is 4.89. The average molecular weight is 170 g/mol. The van der Waals surface area contributed by atoms with E-state index < -0.39 is 11.4 Å². The zero-order valence-corrected chi connectivity index (χ0v) is 7.97. The second-order valence-electron chi connectivity index (χ2n) is 3.12. The van der Waals surface area contributed by atoms with Gasteiger partial charge in [-0.05, 0) is 12.8 Å². The van der Waals surface area contributed by atoms with Crippen LogP contribution in [0.15, 0.2) is 12.7 Å². The van der Waals surface area contributed by atoms with Gasteiger partial charge >= 0.3 is 5.97 Å². The fraction of sp³-hybridized carbons (Fsp3) is 0.700. The van der Waals surface area contributed by atoms with E-state index in [1.807, 2.05) is 6.92 Å². The number of carboxylic acid groups (broad SMARTS) is 1. The van der Waals surface area contributed by atoms with Gasteiger partial charge in [-0.2, -0.15) is 0 Å². The summed E-state index contributed by atoms with van der Waals surface area (Å²) in [4.78, 5) is 10.9. The summed E-state index contributed by atoms with van der Waals surface area (Å²) >= 11 is 0. The summed E-state index contributed by atoms with van der Waals surface area (Å²) in [5.41, 5.74) is -0.685. The summed E-state index contributed by atoms with van der Waals surface area (Å²) in [5.74, 6) is -0.742. The van der Waals surface area contributed by atoms with Crippen molar-refractivity contribution in [2.75, 3.05) is 0 Å². The lowest BCUT2D eigenvalue weighted by molar-refractivity contribution is -0.146. The first-order valence-corrected chi connectivity index (χ1v) is 4.50. The van der Waals surface area contributed by atoms with E-state index in [1.54, 1.807) is 6.08 Å². The Morgan fingerprint density at radius 2 is 2.17 bits per heavy atom. The summed E-state index contributed by atoms with van der Waals surface area (Å²) < 4.78 is 0. The molecule has 0 aromatic rings. The Kier molecular flexibility index (Phi) is 4.64. The van der Waals surface area contributed by atoms with Gasteiger partial charge in [-0.15, -0.1) is 6.58 Å². The van der Waals surface area contributed by atoms with Crippen LogP contribution >= 0.6 is 0 Å². The number of unbranched alkanes of at least 4 members (excludes halogenated alkanes) is 1. The third-order valence-electron chi connectivity index (χ3n) is 2.42. The second-order valence-corrected chi connectivity index (χ2v) is 3.12. The minimum Gasteiger partial charge on any atom is -0.481 e. The molecule has 12 heavy (non-hydrogen) atoms. The summed E-state index contributed by atoms with van der Waals surface area (Å²) in [6.45, 7) is 7.55. The number of carboxylic acids is 1. The van der Waals surface area contributed by atoms with Gasteiger partial charge in [0.05, 0.1) is 5.41 Å². The van der Waals surface area contributed by atoms with E-state index in [0.717, 1.165) is 12.8 Å². The van der Waals surface area contributed by atoms with Crippen LogP contribution < -0.4 is 0 Å². The standard InChI is InChI=1S/C10H18O2/c1-4-7-8-10(5-2,6-3)9(11)12/h5H,2,4,6-8H2,1,3H3,(H,11,12). The van der Waals surface area contributed by atoms with Crippen molar-refractivity contribution in [2.24, 2.45) is 5.41 Å². The lowest BCUT2D eigenvalue weighted by Crippen LogP contribution is -2.27.